The van der Waals surface area contributed by atoms with E-state index in [2.05, 4.69) is 9.97 Å². The minimum atomic E-state index is -0.233. The summed E-state index contributed by atoms with van der Waals surface area (Å²) in [4.78, 5) is 19.8. The Morgan fingerprint density at radius 3 is 2.47 bits per heavy atom. The van der Waals surface area contributed by atoms with E-state index < -0.39 is 0 Å². The van der Waals surface area contributed by atoms with Crippen molar-refractivity contribution < 1.29 is 9.47 Å². The number of ether oxygens (including phenoxy) is 2. The summed E-state index contributed by atoms with van der Waals surface area (Å²) < 4.78 is 11.7. The largest absolute Gasteiger partial charge is 0.490 e. The molecule has 4 aromatic rings. The standard InChI is InChI=1S/C23H18Cl2N2O3/c1-2-29-20-11-16(22-26-19-10-6-4-8-15(19)23(28)27-22)18(25)12-21(20)30-13-14-7-3-5-9-17(14)24/h3-12H,2,13H2,1H3,(H,26,27,28). The highest BCUT2D eigenvalue weighted by molar-refractivity contribution is 6.33. The van der Waals surface area contributed by atoms with Crippen LogP contribution in [0.4, 0.5) is 0 Å². The topological polar surface area (TPSA) is 64.2 Å². The fraction of sp³-hybridized carbons (Fsp3) is 0.130. The van der Waals surface area contributed by atoms with Crippen molar-refractivity contribution in [2.24, 2.45) is 0 Å². The van der Waals surface area contributed by atoms with E-state index in [1.807, 2.05) is 37.3 Å². The van der Waals surface area contributed by atoms with E-state index in [0.29, 0.717) is 50.4 Å². The number of hydrogen-bond donors (Lipinski definition) is 1. The number of rotatable bonds is 6. The Hall–Kier alpha value is -3.02. The Balaban J connectivity index is 1.73. The summed E-state index contributed by atoms with van der Waals surface area (Å²) >= 11 is 12.7. The molecule has 0 aliphatic heterocycles. The van der Waals surface area contributed by atoms with Gasteiger partial charge in [0.25, 0.3) is 5.56 Å². The van der Waals surface area contributed by atoms with Crippen LogP contribution in [0.1, 0.15) is 12.5 Å². The first-order chi connectivity index (χ1) is 14.6. The summed E-state index contributed by atoms with van der Waals surface area (Å²) in [6, 6.07) is 18.0. The van der Waals surface area contributed by atoms with Gasteiger partial charge >= 0.3 is 0 Å². The third-order valence-electron chi connectivity index (χ3n) is 4.54. The smallest absolute Gasteiger partial charge is 0.259 e. The molecule has 3 aromatic carbocycles. The van der Waals surface area contributed by atoms with Crippen molar-refractivity contribution in [1.82, 2.24) is 9.97 Å². The summed E-state index contributed by atoms with van der Waals surface area (Å²) in [6.45, 7) is 2.58. The van der Waals surface area contributed by atoms with Gasteiger partial charge in [-0.05, 0) is 31.2 Å². The monoisotopic (exact) mass is 440 g/mol. The number of halogens is 2. The van der Waals surface area contributed by atoms with Crippen LogP contribution in [0.25, 0.3) is 22.3 Å². The van der Waals surface area contributed by atoms with Crippen LogP contribution in [-0.2, 0) is 6.61 Å². The zero-order valence-electron chi connectivity index (χ0n) is 16.1. The van der Waals surface area contributed by atoms with Crippen LogP contribution >= 0.6 is 23.2 Å². The summed E-state index contributed by atoms with van der Waals surface area (Å²) in [6.07, 6.45) is 0. The molecule has 0 aliphatic carbocycles. The Morgan fingerprint density at radius 1 is 0.933 bits per heavy atom. The lowest BCUT2D eigenvalue weighted by Gasteiger charge is -2.15. The molecule has 0 atom stereocenters. The fourth-order valence-corrected chi connectivity index (χ4v) is 3.52. The number of H-pyrrole nitrogens is 1. The van der Waals surface area contributed by atoms with Gasteiger partial charge in [-0.25, -0.2) is 4.98 Å². The van der Waals surface area contributed by atoms with E-state index in [4.69, 9.17) is 32.7 Å². The van der Waals surface area contributed by atoms with E-state index in [1.165, 1.54) is 0 Å². The lowest BCUT2D eigenvalue weighted by Crippen LogP contribution is -2.09. The summed E-state index contributed by atoms with van der Waals surface area (Å²) in [5.41, 5.74) is 1.75. The van der Waals surface area contributed by atoms with Gasteiger partial charge in [-0.15, -0.1) is 0 Å². The lowest BCUT2D eigenvalue weighted by molar-refractivity contribution is 0.269. The molecule has 0 saturated heterocycles. The van der Waals surface area contributed by atoms with Gasteiger partial charge in [-0.2, -0.15) is 0 Å². The molecule has 1 heterocycles. The molecule has 5 nitrogen and oxygen atoms in total. The average molecular weight is 441 g/mol. The van der Waals surface area contributed by atoms with Crippen molar-refractivity contribution in [3.8, 4) is 22.9 Å². The highest BCUT2D eigenvalue weighted by Gasteiger charge is 2.16. The first-order valence-corrected chi connectivity index (χ1v) is 10.1. The van der Waals surface area contributed by atoms with E-state index in [1.54, 1.807) is 30.3 Å². The zero-order valence-corrected chi connectivity index (χ0v) is 17.6. The van der Waals surface area contributed by atoms with Crippen molar-refractivity contribution in [3.63, 3.8) is 0 Å². The van der Waals surface area contributed by atoms with Gasteiger partial charge in [-0.3, -0.25) is 4.79 Å². The van der Waals surface area contributed by atoms with Gasteiger partial charge in [0.2, 0.25) is 0 Å². The SMILES string of the molecule is CCOc1cc(-c2nc3ccccc3c(=O)[nH]2)c(Cl)cc1OCc1ccccc1Cl. The molecule has 0 saturated carbocycles. The van der Waals surface area contributed by atoms with Gasteiger partial charge in [0, 0.05) is 22.2 Å². The molecule has 0 aliphatic rings. The molecule has 0 radical (unpaired) electrons. The van der Waals surface area contributed by atoms with Crippen molar-refractivity contribution in [3.05, 3.63) is 86.6 Å². The van der Waals surface area contributed by atoms with Gasteiger partial charge in [0.15, 0.2) is 11.5 Å². The van der Waals surface area contributed by atoms with Crippen LogP contribution < -0.4 is 15.0 Å². The van der Waals surface area contributed by atoms with Crippen LogP contribution in [0, 0.1) is 0 Å². The average Bonchev–Trinajstić information content (AvgIpc) is 2.74. The Labute approximate surface area is 183 Å². The minimum absolute atomic E-state index is 0.233. The second kappa shape index (κ2) is 8.78. The zero-order chi connectivity index (χ0) is 21.1. The lowest BCUT2D eigenvalue weighted by atomic mass is 10.1. The number of aromatic nitrogens is 2. The highest BCUT2D eigenvalue weighted by Crippen LogP contribution is 2.38. The maximum absolute atomic E-state index is 12.4. The normalized spacial score (nSPS) is 10.9. The number of aromatic amines is 1. The van der Waals surface area contributed by atoms with E-state index in [0.717, 1.165) is 5.56 Å². The van der Waals surface area contributed by atoms with Crippen molar-refractivity contribution >= 4 is 34.1 Å². The molecular weight excluding hydrogens is 423 g/mol. The van der Waals surface area contributed by atoms with E-state index >= 15 is 0 Å². The third kappa shape index (κ3) is 4.13. The second-order valence-corrected chi connectivity index (χ2v) is 7.34. The first-order valence-electron chi connectivity index (χ1n) is 9.38. The van der Waals surface area contributed by atoms with Crippen molar-refractivity contribution in [1.29, 1.82) is 0 Å². The Morgan fingerprint density at radius 2 is 1.67 bits per heavy atom. The molecule has 1 aromatic heterocycles. The quantitative estimate of drug-likeness (QED) is 0.406. The van der Waals surface area contributed by atoms with Gasteiger partial charge in [0.05, 0.1) is 22.5 Å². The van der Waals surface area contributed by atoms with Crippen LogP contribution in [0.15, 0.2) is 65.5 Å². The second-order valence-electron chi connectivity index (χ2n) is 6.52. The van der Waals surface area contributed by atoms with Crippen LogP contribution in [0.2, 0.25) is 10.0 Å². The molecule has 30 heavy (non-hydrogen) atoms. The minimum Gasteiger partial charge on any atom is -0.490 e. The van der Waals surface area contributed by atoms with Crippen LogP contribution in [0.3, 0.4) is 0 Å². The van der Waals surface area contributed by atoms with Crippen molar-refractivity contribution in [2.75, 3.05) is 6.61 Å². The molecule has 0 unspecified atom stereocenters. The molecular formula is C23H18Cl2N2O3. The maximum atomic E-state index is 12.4. The Bertz CT molecular complexity index is 1270. The number of nitrogens with zero attached hydrogens (tertiary/aromatic N) is 1. The third-order valence-corrected chi connectivity index (χ3v) is 5.22. The summed E-state index contributed by atoms with van der Waals surface area (Å²) in [7, 11) is 0. The first kappa shape index (κ1) is 20.3. The molecule has 1 N–H and O–H groups in total. The molecule has 0 bridgehead atoms. The predicted octanol–water partition coefficient (Wildman–Crippen LogP) is 5.87. The molecule has 0 amide bonds. The van der Waals surface area contributed by atoms with E-state index in [-0.39, 0.29) is 12.2 Å². The molecule has 7 heteroatoms. The fourth-order valence-electron chi connectivity index (χ4n) is 3.08. The van der Waals surface area contributed by atoms with Gasteiger partial charge < -0.3 is 14.5 Å². The predicted molar refractivity (Wildman–Crippen MR) is 120 cm³/mol. The highest BCUT2D eigenvalue weighted by atomic mass is 35.5. The van der Waals surface area contributed by atoms with Crippen LogP contribution in [0.5, 0.6) is 11.5 Å². The molecule has 0 spiro atoms. The molecule has 152 valence electrons. The van der Waals surface area contributed by atoms with Gasteiger partial charge in [0.1, 0.15) is 12.4 Å². The molecule has 0 fully saturated rings. The Kier molecular flexibility index (Phi) is 5.93. The van der Waals surface area contributed by atoms with Crippen LogP contribution in [-0.4, -0.2) is 16.6 Å². The number of nitrogens with one attached hydrogen (secondary N) is 1. The molecule has 4 rings (SSSR count). The van der Waals surface area contributed by atoms with E-state index in [9.17, 15) is 4.79 Å². The maximum Gasteiger partial charge on any atom is 0.259 e. The number of hydrogen-bond acceptors (Lipinski definition) is 4. The number of fused-ring (bicyclic) bond motifs is 1. The summed E-state index contributed by atoms with van der Waals surface area (Å²) in [5, 5.41) is 1.52. The van der Waals surface area contributed by atoms with Gasteiger partial charge in [-0.1, -0.05) is 53.5 Å². The number of benzene rings is 3. The number of para-hydroxylation sites is 1. The summed E-state index contributed by atoms with van der Waals surface area (Å²) in [5.74, 6) is 1.34. The van der Waals surface area contributed by atoms with Crippen molar-refractivity contribution in [2.45, 2.75) is 13.5 Å².